The zero-order valence-corrected chi connectivity index (χ0v) is 15.0. The third-order valence-corrected chi connectivity index (χ3v) is 5.45. The van der Waals surface area contributed by atoms with Gasteiger partial charge < -0.3 is 21.3 Å². The van der Waals surface area contributed by atoms with Gasteiger partial charge in [-0.1, -0.05) is 12.1 Å². The highest BCUT2D eigenvalue weighted by Gasteiger charge is 2.27. The molecule has 1 fully saturated rings. The largest absolute Gasteiger partial charge is 0.341 e. The van der Waals surface area contributed by atoms with Gasteiger partial charge in [0.15, 0.2) is 0 Å². The summed E-state index contributed by atoms with van der Waals surface area (Å²) in [7, 11) is 0. The monoisotopic (exact) mass is 344 g/mol. The van der Waals surface area contributed by atoms with E-state index in [1.165, 1.54) is 5.56 Å². The molecule has 0 radical (unpaired) electrons. The Kier molecular flexibility index (Phi) is 5.39. The van der Waals surface area contributed by atoms with Gasteiger partial charge in [0, 0.05) is 31.4 Å². The number of rotatable bonds is 5. The lowest BCUT2D eigenvalue weighted by Gasteiger charge is -2.36. The number of hydrogen-bond donors (Lipinski definition) is 3. The maximum atomic E-state index is 12.0. The molecule has 3 rings (SSSR count). The standard InChI is InChI=1S/C19H28N4O2/c1-12(20)19(25)23-8-6-14(7-9-23)13(2)21-11-15-4-3-5-17-16(15)10-18(24)22-17/h3-5,12-14,21H,6-11,20H2,1-2H3,(H,22,24)/t12-,13?/m0/s1. The SMILES string of the molecule is CC(NCc1cccc2c1CC(=O)N2)C1CCN(C(=O)[C@H](C)N)CC1. The predicted molar refractivity (Wildman–Crippen MR) is 98.0 cm³/mol. The molecule has 0 aliphatic carbocycles. The number of benzene rings is 1. The third kappa shape index (κ3) is 4.02. The van der Waals surface area contributed by atoms with Gasteiger partial charge in [-0.05, 0) is 49.8 Å². The van der Waals surface area contributed by atoms with Crippen LogP contribution < -0.4 is 16.4 Å². The van der Waals surface area contributed by atoms with Crippen molar-refractivity contribution in [3.63, 3.8) is 0 Å². The average molecular weight is 344 g/mol. The van der Waals surface area contributed by atoms with Gasteiger partial charge in [0.25, 0.3) is 0 Å². The molecule has 4 N–H and O–H groups in total. The van der Waals surface area contributed by atoms with E-state index in [0.29, 0.717) is 18.4 Å². The molecule has 1 unspecified atom stereocenters. The van der Waals surface area contributed by atoms with Crippen molar-refractivity contribution in [1.82, 2.24) is 10.2 Å². The third-order valence-electron chi connectivity index (χ3n) is 5.45. The van der Waals surface area contributed by atoms with Crippen molar-refractivity contribution in [1.29, 1.82) is 0 Å². The number of likely N-dealkylation sites (tertiary alicyclic amines) is 1. The number of nitrogens with zero attached hydrogens (tertiary/aromatic N) is 1. The average Bonchev–Trinajstić information content (AvgIpc) is 2.99. The second kappa shape index (κ2) is 7.54. The maximum absolute atomic E-state index is 12.0. The van der Waals surface area contributed by atoms with Crippen LogP contribution in [-0.4, -0.2) is 41.9 Å². The molecule has 2 aliphatic heterocycles. The molecular formula is C19H28N4O2. The van der Waals surface area contributed by atoms with E-state index in [1.807, 2.05) is 17.0 Å². The predicted octanol–water partition coefficient (Wildman–Crippen LogP) is 1.25. The van der Waals surface area contributed by atoms with E-state index in [4.69, 9.17) is 5.73 Å². The molecule has 2 heterocycles. The van der Waals surface area contributed by atoms with Crippen molar-refractivity contribution in [3.05, 3.63) is 29.3 Å². The highest BCUT2D eigenvalue weighted by atomic mass is 16.2. The molecule has 0 saturated carbocycles. The van der Waals surface area contributed by atoms with Gasteiger partial charge in [-0.15, -0.1) is 0 Å². The van der Waals surface area contributed by atoms with Crippen LogP contribution in [0.5, 0.6) is 0 Å². The van der Waals surface area contributed by atoms with Crippen molar-refractivity contribution in [3.8, 4) is 0 Å². The first kappa shape index (κ1) is 17.9. The Bertz CT molecular complexity index is 651. The van der Waals surface area contributed by atoms with Gasteiger partial charge in [0.1, 0.15) is 0 Å². The van der Waals surface area contributed by atoms with Crippen molar-refractivity contribution >= 4 is 17.5 Å². The molecule has 1 saturated heterocycles. The van der Waals surface area contributed by atoms with Gasteiger partial charge >= 0.3 is 0 Å². The molecule has 0 bridgehead atoms. The minimum Gasteiger partial charge on any atom is -0.341 e. The summed E-state index contributed by atoms with van der Waals surface area (Å²) in [6, 6.07) is 5.99. The van der Waals surface area contributed by atoms with Gasteiger partial charge in [-0.2, -0.15) is 0 Å². The number of carbonyl (C=O) groups is 2. The van der Waals surface area contributed by atoms with E-state index < -0.39 is 6.04 Å². The Balaban J connectivity index is 1.51. The quantitative estimate of drug-likeness (QED) is 0.750. The van der Waals surface area contributed by atoms with Crippen LogP contribution in [0.1, 0.15) is 37.8 Å². The van der Waals surface area contributed by atoms with Crippen molar-refractivity contribution in [2.75, 3.05) is 18.4 Å². The van der Waals surface area contributed by atoms with Crippen LogP contribution in [0.25, 0.3) is 0 Å². The fourth-order valence-corrected chi connectivity index (χ4v) is 3.83. The highest BCUT2D eigenvalue weighted by molar-refractivity contribution is 5.99. The van der Waals surface area contributed by atoms with Crippen LogP contribution >= 0.6 is 0 Å². The number of carbonyl (C=O) groups excluding carboxylic acids is 2. The second-order valence-electron chi connectivity index (χ2n) is 7.29. The summed E-state index contributed by atoms with van der Waals surface area (Å²) in [6.07, 6.45) is 2.47. The fraction of sp³-hybridized carbons (Fsp3) is 0.579. The van der Waals surface area contributed by atoms with E-state index in [1.54, 1.807) is 6.92 Å². The zero-order chi connectivity index (χ0) is 18.0. The smallest absolute Gasteiger partial charge is 0.239 e. The van der Waals surface area contributed by atoms with E-state index in [0.717, 1.165) is 43.7 Å². The van der Waals surface area contributed by atoms with Crippen molar-refractivity contribution < 1.29 is 9.59 Å². The van der Waals surface area contributed by atoms with Crippen LogP contribution in [-0.2, 0) is 22.6 Å². The number of anilines is 1. The van der Waals surface area contributed by atoms with E-state index in [2.05, 4.69) is 23.6 Å². The molecule has 25 heavy (non-hydrogen) atoms. The van der Waals surface area contributed by atoms with Gasteiger partial charge in [-0.25, -0.2) is 0 Å². The summed E-state index contributed by atoms with van der Waals surface area (Å²) in [4.78, 5) is 25.5. The second-order valence-corrected chi connectivity index (χ2v) is 7.29. The Morgan fingerprint density at radius 2 is 2.08 bits per heavy atom. The Morgan fingerprint density at radius 3 is 2.76 bits per heavy atom. The van der Waals surface area contributed by atoms with E-state index in [9.17, 15) is 9.59 Å². The summed E-state index contributed by atoms with van der Waals surface area (Å²) in [5, 5.41) is 6.51. The minimum atomic E-state index is -0.413. The van der Waals surface area contributed by atoms with Gasteiger partial charge in [0.05, 0.1) is 12.5 Å². The highest BCUT2D eigenvalue weighted by Crippen LogP contribution is 2.27. The van der Waals surface area contributed by atoms with Crippen LogP contribution in [0.15, 0.2) is 18.2 Å². The number of nitrogens with two attached hydrogens (primary N) is 1. The van der Waals surface area contributed by atoms with Crippen LogP contribution in [0.2, 0.25) is 0 Å². The van der Waals surface area contributed by atoms with Crippen LogP contribution in [0.3, 0.4) is 0 Å². The normalized spacial score (nSPS) is 20.1. The molecule has 6 heteroatoms. The topological polar surface area (TPSA) is 87.5 Å². The maximum Gasteiger partial charge on any atom is 0.239 e. The van der Waals surface area contributed by atoms with Crippen LogP contribution in [0, 0.1) is 5.92 Å². The molecule has 1 aromatic carbocycles. The molecule has 0 spiro atoms. The first-order chi connectivity index (χ1) is 12.0. The number of fused-ring (bicyclic) bond motifs is 1. The molecule has 0 aromatic heterocycles. The number of hydrogen-bond acceptors (Lipinski definition) is 4. The fourth-order valence-electron chi connectivity index (χ4n) is 3.83. The lowest BCUT2D eigenvalue weighted by Crippen LogP contribution is -2.48. The lowest BCUT2D eigenvalue weighted by molar-refractivity contribution is -0.133. The summed E-state index contributed by atoms with van der Waals surface area (Å²) < 4.78 is 0. The number of nitrogens with one attached hydrogen (secondary N) is 2. The molecular weight excluding hydrogens is 316 g/mol. The Hall–Kier alpha value is -1.92. The van der Waals surface area contributed by atoms with Crippen LogP contribution in [0.4, 0.5) is 5.69 Å². The molecule has 6 nitrogen and oxygen atoms in total. The lowest BCUT2D eigenvalue weighted by atomic mass is 9.90. The Labute approximate surface area is 149 Å². The molecule has 2 amide bonds. The summed E-state index contributed by atoms with van der Waals surface area (Å²) in [6.45, 7) is 6.29. The summed E-state index contributed by atoms with van der Waals surface area (Å²) in [5.74, 6) is 0.673. The summed E-state index contributed by atoms with van der Waals surface area (Å²) >= 11 is 0. The van der Waals surface area contributed by atoms with E-state index in [-0.39, 0.29) is 11.8 Å². The first-order valence-electron chi connectivity index (χ1n) is 9.14. The molecule has 1 aromatic rings. The first-order valence-corrected chi connectivity index (χ1v) is 9.14. The summed E-state index contributed by atoms with van der Waals surface area (Å²) in [5.41, 5.74) is 8.94. The van der Waals surface area contributed by atoms with Gasteiger partial charge in [-0.3, -0.25) is 9.59 Å². The van der Waals surface area contributed by atoms with Crippen molar-refractivity contribution in [2.24, 2.45) is 11.7 Å². The minimum absolute atomic E-state index is 0.0519. The number of amides is 2. The molecule has 2 atom stereocenters. The van der Waals surface area contributed by atoms with E-state index >= 15 is 0 Å². The van der Waals surface area contributed by atoms with Gasteiger partial charge in [0.2, 0.25) is 11.8 Å². The Morgan fingerprint density at radius 1 is 1.36 bits per heavy atom. The zero-order valence-electron chi connectivity index (χ0n) is 15.0. The molecule has 136 valence electrons. The number of piperidine rings is 1. The molecule has 2 aliphatic rings. The van der Waals surface area contributed by atoms with Crippen molar-refractivity contribution in [2.45, 2.75) is 51.7 Å².